The van der Waals surface area contributed by atoms with E-state index in [0.29, 0.717) is 12.8 Å². The van der Waals surface area contributed by atoms with E-state index < -0.39 is 29.9 Å². The van der Waals surface area contributed by atoms with Gasteiger partial charge in [-0.2, -0.15) is 0 Å². The van der Waals surface area contributed by atoms with E-state index in [0.717, 1.165) is 35.1 Å². The van der Waals surface area contributed by atoms with Gasteiger partial charge in [0.25, 0.3) is 0 Å². The lowest BCUT2D eigenvalue weighted by molar-refractivity contribution is -0.141. The van der Waals surface area contributed by atoms with Gasteiger partial charge in [-0.1, -0.05) is 75.2 Å². The maximum Gasteiger partial charge on any atom is 0.407 e. The molecule has 3 rings (SSSR count). The number of benzene rings is 2. The first-order valence-corrected chi connectivity index (χ1v) is 11.6. The van der Waals surface area contributed by atoms with Crippen molar-refractivity contribution < 1.29 is 24.2 Å². The molecule has 0 spiro atoms. The van der Waals surface area contributed by atoms with Crippen LogP contribution in [-0.4, -0.2) is 42.3 Å². The number of carboxylic acids is 1. The molecule has 0 radical (unpaired) electrons. The minimum absolute atomic E-state index is 0.0274. The fourth-order valence-corrected chi connectivity index (χ4v) is 4.21. The summed E-state index contributed by atoms with van der Waals surface area (Å²) in [5.41, 5.74) is 4.52. The Morgan fingerprint density at radius 2 is 1.61 bits per heavy atom. The highest BCUT2D eigenvalue weighted by molar-refractivity contribution is 5.86. The molecule has 0 bridgehead atoms. The van der Waals surface area contributed by atoms with Crippen molar-refractivity contribution in [3.05, 3.63) is 59.7 Å². The van der Waals surface area contributed by atoms with Gasteiger partial charge in [0, 0.05) is 12.5 Å². The van der Waals surface area contributed by atoms with Gasteiger partial charge in [0.1, 0.15) is 12.6 Å². The van der Waals surface area contributed by atoms with Crippen molar-refractivity contribution in [2.75, 3.05) is 13.2 Å². The Labute approximate surface area is 194 Å². The van der Waals surface area contributed by atoms with Crippen LogP contribution in [0.3, 0.4) is 0 Å². The van der Waals surface area contributed by atoms with Crippen LogP contribution in [0.1, 0.15) is 56.6 Å². The number of aliphatic carboxylic acids is 1. The van der Waals surface area contributed by atoms with Crippen LogP contribution in [0, 0.1) is 5.92 Å². The minimum Gasteiger partial charge on any atom is -0.481 e. The first-order chi connectivity index (χ1) is 16.0. The van der Waals surface area contributed by atoms with Crippen molar-refractivity contribution in [2.24, 2.45) is 5.92 Å². The topological polar surface area (TPSA) is 105 Å². The zero-order valence-electron chi connectivity index (χ0n) is 19.2. The molecule has 0 fully saturated rings. The van der Waals surface area contributed by atoms with E-state index in [4.69, 9.17) is 4.74 Å². The van der Waals surface area contributed by atoms with Gasteiger partial charge in [0.15, 0.2) is 0 Å². The lowest BCUT2D eigenvalue weighted by atomic mass is 9.98. The molecule has 1 aliphatic rings. The Bertz CT molecular complexity index is 945. The molecule has 0 aliphatic heterocycles. The van der Waals surface area contributed by atoms with Gasteiger partial charge in [-0.25, -0.2) is 4.79 Å². The van der Waals surface area contributed by atoms with Crippen LogP contribution in [0.5, 0.6) is 0 Å². The Morgan fingerprint density at radius 3 is 2.15 bits per heavy atom. The summed E-state index contributed by atoms with van der Waals surface area (Å²) in [6.07, 6.45) is 1.82. The summed E-state index contributed by atoms with van der Waals surface area (Å²) < 4.78 is 5.56. The van der Waals surface area contributed by atoms with Crippen LogP contribution in [0.2, 0.25) is 0 Å². The first kappa shape index (κ1) is 24.3. The molecular formula is C26H32N2O5. The van der Waals surface area contributed by atoms with E-state index in [2.05, 4.69) is 22.8 Å². The van der Waals surface area contributed by atoms with Crippen LogP contribution >= 0.6 is 0 Å². The second-order valence-corrected chi connectivity index (χ2v) is 8.35. The number of unbranched alkanes of at least 4 members (excludes halogenated alkanes) is 1. The summed E-state index contributed by atoms with van der Waals surface area (Å²) in [5.74, 6) is -2.06. The molecule has 2 atom stereocenters. The number of carboxylic acid groups (broad SMARTS) is 1. The van der Waals surface area contributed by atoms with Crippen molar-refractivity contribution in [2.45, 2.75) is 51.5 Å². The average Bonchev–Trinajstić information content (AvgIpc) is 3.14. The molecule has 0 saturated heterocycles. The molecule has 2 amide bonds. The van der Waals surface area contributed by atoms with Crippen LogP contribution in [0.15, 0.2) is 48.5 Å². The van der Waals surface area contributed by atoms with Crippen LogP contribution in [0.25, 0.3) is 11.1 Å². The lowest BCUT2D eigenvalue weighted by Gasteiger charge is -2.20. The molecule has 3 N–H and O–H groups in total. The van der Waals surface area contributed by atoms with Crippen molar-refractivity contribution >= 4 is 18.0 Å². The number of carbonyl (C=O) groups excluding carboxylic acids is 2. The van der Waals surface area contributed by atoms with Gasteiger partial charge >= 0.3 is 12.1 Å². The fourth-order valence-electron chi connectivity index (χ4n) is 4.21. The van der Waals surface area contributed by atoms with E-state index in [1.807, 2.05) is 43.3 Å². The predicted octanol–water partition coefficient (Wildman–Crippen LogP) is 4.31. The Kier molecular flexibility index (Phi) is 8.46. The summed E-state index contributed by atoms with van der Waals surface area (Å²) in [6.45, 7) is 3.95. The largest absolute Gasteiger partial charge is 0.481 e. The van der Waals surface area contributed by atoms with Crippen molar-refractivity contribution in [1.82, 2.24) is 10.6 Å². The molecule has 1 aliphatic carbocycles. The Hall–Kier alpha value is -3.35. The third kappa shape index (κ3) is 5.92. The lowest BCUT2D eigenvalue weighted by Crippen LogP contribution is -2.48. The quantitative estimate of drug-likeness (QED) is 0.471. The number of hydrogen-bond donors (Lipinski definition) is 3. The van der Waals surface area contributed by atoms with Gasteiger partial charge < -0.3 is 20.5 Å². The number of nitrogens with one attached hydrogen (secondary N) is 2. The number of hydrogen-bond acceptors (Lipinski definition) is 4. The summed E-state index contributed by atoms with van der Waals surface area (Å²) in [7, 11) is 0. The van der Waals surface area contributed by atoms with E-state index in [-0.39, 0.29) is 19.1 Å². The number of rotatable bonds is 11. The zero-order chi connectivity index (χ0) is 23.8. The smallest absolute Gasteiger partial charge is 0.407 e. The van der Waals surface area contributed by atoms with Gasteiger partial charge in [-0.05, 0) is 35.1 Å². The maximum atomic E-state index is 12.6. The SMILES string of the molecule is CCCCC(NC(=O)OCC1c2ccccc2-c2ccccc21)C(=O)NCC(CC)C(=O)O. The average molecular weight is 453 g/mol. The predicted molar refractivity (Wildman–Crippen MR) is 126 cm³/mol. The second-order valence-electron chi connectivity index (χ2n) is 8.35. The zero-order valence-corrected chi connectivity index (χ0v) is 19.2. The molecule has 2 aromatic carbocycles. The number of ether oxygens (including phenoxy) is 1. The number of carbonyl (C=O) groups is 3. The third-order valence-electron chi connectivity index (χ3n) is 6.16. The molecule has 2 aromatic rings. The molecule has 0 saturated carbocycles. The Morgan fingerprint density at radius 1 is 1.00 bits per heavy atom. The van der Waals surface area contributed by atoms with Crippen LogP contribution in [0.4, 0.5) is 4.79 Å². The van der Waals surface area contributed by atoms with E-state index in [1.165, 1.54) is 0 Å². The highest BCUT2D eigenvalue weighted by Crippen LogP contribution is 2.44. The van der Waals surface area contributed by atoms with Crippen molar-refractivity contribution in [3.8, 4) is 11.1 Å². The summed E-state index contributed by atoms with van der Waals surface area (Å²) >= 11 is 0. The van der Waals surface area contributed by atoms with E-state index in [9.17, 15) is 19.5 Å². The van der Waals surface area contributed by atoms with Crippen molar-refractivity contribution in [1.29, 1.82) is 0 Å². The van der Waals surface area contributed by atoms with E-state index >= 15 is 0 Å². The Balaban J connectivity index is 1.61. The summed E-state index contributed by atoms with van der Waals surface area (Å²) in [4.78, 5) is 36.4. The van der Waals surface area contributed by atoms with Crippen LogP contribution in [-0.2, 0) is 14.3 Å². The number of fused-ring (bicyclic) bond motifs is 3. The maximum absolute atomic E-state index is 12.6. The van der Waals surface area contributed by atoms with Crippen LogP contribution < -0.4 is 10.6 Å². The first-order valence-electron chi connectivity index (χ1n) is 11.6. The molecule has 7 heteroatoms. The highest BCUT2D eigenvalue weighted by Gasteiger charge is 2.30. The van der Waals surface area contributed by atoms with Gasteiger partial charge in [0.05, 0.1) is 5.92 Å². The van der Waals surface area contributed by atoms with Crippen molar-refractivity contribution in [3.63, 3.8) is 0 Å². The van der Waals surface area contributed by atoms with Gasteiger partial charge in [0.2, 0.25) is 5.91 Å². The molecular weight excluding hydrogens is 420 g/mol. The van der Waals surface area contributed by atoms with E-state index in [1.54, 1.807) is 6.92 Å². The second kappa shape index (κ2) is 11.5. The fraction of sp³-hybridized carbons (Fsp3) is 0.423. The number of alkyl carbamates (subject to hydrolysis) is 1. The summed E-state index contributed by atoms with van der Waals surface area (Å²) in [5, 5.41) is 14.5. The third-order valence-corrected chi connectivity index (χ3v) is 6.16. The normalized spacial score (nSPS) is 14.0. The molecule has 2 unspecified atom stereocenters. The number of amides is 2. The molecule has 0 heterocycles. The van der Waals surface area contributed by atoms with Gasteiger partial charge in [-0.3, -0.25) is 9.59 Å². The highest BCUT2D eigenvalue weighted by atomic mass is 16.5. The molecule has 7 nitrogen and oxygen atoms in total. The molecule has 176 valence electrons. The van der Waals surface area contributed by atoms with Gasteiger partial charge in [-0.15, -0.1) is 0 Å². The summed E-state index contributed by atoms with van der Waals surface area (Å²) in [6, 6.07) is 15.4. The minimum atomic E-state index is -0.951. The molecule has 0 aromatic heterocycles. The monoisotopic (exact) mass is 452 g/mol. The standard InChI is InChI=1S/C26H32N2O5/c1-3-5-14-23(24(29)27-15-17(4-2)25(30)31)28-26(32)33-16-22-20-12-8-6-10-18(20)19-11-7-9-13-21(19)22/h6-13,17,22-23H,3-5,14-16H2,1-2H3,(H,27,29)(H,28,32)(H,30,31). The molecule has 33 heavy (non-hydrogen) atoms.